The number of benzene rings is 2. The summed E-state index contributed by atoms with van der Waals surface area (Å²) in [6.07, 6.45) is 1.42. The van der Waals surface area contributed by atoms with Crippen LogP contribution in [0.1, 0.15) is 24.0 Å². The predicted molar refractivity (Wildman–Crippen MR) is 94.1 cm³/mol. The lowest BCUT2D eigenvalue weighted by atomic mass is 10.1. The summed E-state index contributed by atoms with van der Waals surface area (Å²) in [7, 11) is -3.86. The van der Waals surface area contributed by atoms with Crippen molar-refractivity contribution in [1.29, 1.82) is 0 Å². The SMILES string of the molecule is Cc1ccc(S(=O)(=O)Oc2ccc(CC(=O)CCCCl)cc2)cc1. The van der Waals surface area contributed by atoms with Crippen LogP contribution in [0, 0.1) is 6.92 Å². The fourth-order valence-corrected chi connectivity index (χ4v) is 3.19. The summed E-state index contributed by atoms with van der Waals surface area (Å²) in [5.41, 5.74) is 1.78. The molecule has 0 aliphatic rings. The van der Waals surface area contributed by atoms with E-state index in [1.54, 1.807) is 36.4 Å². The van der Waals surface area contributed by atoms with E-state index < -0.39 is 10.1 Å². The van der Waals surface area contributed by atoms with Crippen molar-refractivity contribution in [3.8, 4) is 5.75 Å². The van der Waals surface area contributed by atoms with E-state index in [1.807, 2.05) is 6.92 Å². The zero-order valence-corrected chi connectivity index (χ0v) is 14.9. The van der Waals surface area contributed by atoms with Gasteiger partial charge in [0.15, 0.2) is 0 Å². The molecular weight excluding hydrogens is 348 g/mol. The lowest BCUT2D eigenvalue weighted by Crippen LogP contribution is -2.09. The van der Waals surface area contributed by atoms with Crippen LogP contribution in [-0.2, 0) is 21.3 Å². The summed E-state index contributed by atoms with van der Waals surface area (Å²) in [4.78, 5) is 11.8. The third kappa shape index (κ3) is 5.35. The van der Waals surface area contributed by atoms with Crippen molar-refractivity contribution in [2.45, 2.75) is 31.1 Å². The van der Waals surface area contributed by atoms with Crippen LogP contribution >= 0.6 is 11.6 Å². The molecule has 2 aromatic carbocycles. The Kier molecular flexibility index (Phi) is 6.40. The van der Waals surface area contributed by atoms with E-state index in [0.717, 1.165) is 11.1 Å². The van der Waals surface area contributed by atoms with Gasteiger partial charge in [-0.1, -0.05) is 29.8 Å². The van der Waals surface area contributed by atoms with Crippen LogP contribution in [0.15, 0.2) is 53.4 Å². The van der Waals surface area contributed by atoms with Gasteiger partial charge in [-0.25, -0.2) is 0 Å². The molecule has 0 radical (unpaired) electrons. The third-order valence-electron chi connectivity index (χ3n) is 3.43. The van der Waals surface area contributed by atoms with Gasteiger partial charge in [0.1, 0.15) is 16.4 Å². The topological polar surface area (TPSA) is 60.4 Å². The summed E-state index contributed by atoms with van der Waals surface area (Å²) < 4.78 is 29.5. The molecule has 0 saturated heterocycles. The summed E-state index contributed by atoms with van der Waals surface area (Å²) in [6, 6.07) is 12.9. The van der Waals surface area contributed by atoms with Crippen LogP contribution < -0.4 is 4.18 Å². The quantitative estimate of drug-likeness (QED) is 0.525. The minimum absolute atomic E-state index is 0.105. The molecule has 128 valence electrons. The first-order valence-corrected chi connectivity index (χ1v) is 9.53. The van der Waals surface area contributed by atoms with Crippen LogP contribution in [-0.4, -0.2) is 20.1 Å². The van der Waals surface area contributed by atoms with Gasteiger partial charge < -0.3 is 4.18 Å². The van der Waals surface area contributed by atoms with Gasteiger partial charge in [-0.05, 0) is 43.2 Å². The highest BCUT2D eigenvalue weighted by Gasteiger charge is 2.16. The highest BCUT2D eigenvalue weighted by atomic mass is 35.5. The minimum Gasteiger partial charge on any atom is -0.379 e. The van der Waals surface area contributed by atoms with E-state index in [1.165, 1.54) is 12.1 Å². The molecule has 0 amide bonds. The van der Waals surface area contributed by atoms with Crippen LogP contribution in [0.25, 0.3) is 0 Å². The molecule has 0 saturated carbocycles. The number of hydrogen-bond donors (Lipinski definition) is 0. The van der Waals surface area contributed by atoms with E-state index in [2.05, 4.69) is 0 Å². The molecule has 0 fully saturated rings. The van der Waals surface area contributed by atoms with Crippen LogP contribution in [0.4, 0.5) is 0 Å². The number of Topliss-reactive ketones (excluding diaryl/α,β-unsaturated/α-hetero) is 1. The molecule has 24 heavy (non-hydrogen) atoms. The molecule has 6 heteroatoms. The van der Waals surface area contributed by atoms with Crippen LogP contribution in [0.5, 0.6) is 5.75 Å². The van der Waals surface area contributed by atoms with Gasteiger partial charge in [0.25, 0.3) is 0 Å². The molecule has 0 bridgehead atoms. The van der Waals surface area contributed by atoms with Crippen molar-refractivity contribution < 1.29 is 17.4 Å². The Morgan fingerprint density at radius 2 is 1.67 bits per heavy atom. The Morgan fingerprint density at radius 3 is 2.25 bits per heavy atom. The normalized spacial score (nSPS) is 11.2. The number of carbonyl (C=O) groups excluding carboxylic acids is 1. The zero-order valence-electron chi connectivity index (χ0n) is 13.4. The number of aryl methyl sites for hydroxylation is 1. The van der Waals surface area contributed by atoms with Gasteiger partial charge in [0.2, 0.25) is 0 Å². The zero-order chi connectivity index (χ0) is 17.6. The highest BCUT2D eigenvalue weighted by Crippen LogP contribution is 2.20. The molecule has 0 aliphatic heterocycles. The lowest BCUT2D eigenvalue weighted by Gasteiger charge is -2.08. The lowest BCUT2D eigenvalue weighted by molar-refractivity contribution is -0.118. The largest absolute Gasteiger partial charge is 0.379 e. The molecule has 0 aliphatic carbocycles. The predicted octanol–water partition coefficient (Wildman–Crippen LogP) is 3.89. The van der Waals surface area contributed by atoms with Crippen LogP contribution in [0.2, 0.25) is 0 Å². The molecule has 0 N–H and O–H groups in total. The molecular formula is C18H19ClO4S. The second-order valence-electron chi connectivity index (χ2n) is 5.50. The van der Waals surface area contributed by atoms with Gasteiger partial charge in [0, 0.05) is 18.7 Å². The van der Waals surface area contributed by atoms with Crippen LogP contribution in [0.3, 0.4) is 0 Å². The fraction of sp³-hybridized carbons (Fsp3) is 0.278. The Morgan fingerprint density at radius 1 is 1.04 bits per heavy atom. The highest BCUT2D eigenvalue weighted by molar-refractivity contribution is 7.87. The van der Waals surface area contributed by atoms with Crippen molar-refractivity contribution in [1.82, 2.24) is 0 Å². The van der Waals surface area contributed by atoms with Crippen molar-refractivity contribution >= 4 is 27.5 Å². The van der Waals surface area contributed by atoms with Crippen molar-refractivity contribution in [3.63, 3.8) is 0 Å². The Bertz CT molecular complexity index is 781. The van der Waals surface area contributed by atoms with E-state index in [0.29, 0.717) is 25.1 Å². The Balaban J connectivity index is 2.03. The second-order valence-corrected chi connectivity index (χ2v) is 7.43. The average Bonchev–Trinajstić information content (AvgIpc) is 2.55. The summed E-state index contributed by atoms with van der Waals surface area (Å²) in [6.45, 7) is 1.88. The van der Waals surface area contributed by atoms with E-state index in [-0.39, 0.29) is 16.4 Å². The summed E-state index contributed by atoms with van der Waals surface area (Å²) >= 11 is 5.56. The molecule has 0 atom stereocenters. The van der Waals surface area contributed by atoms with E-state index in [4.69, 9.17) is 15.8 Å². The minimum atomic E-state index is -3.86. The van der Waals surface area contributed by atoms with Gasteiger partial charge in [-0.2, -0.15) is 8.42 Å². The molecule has 2 aromatic rings. The smallest absolute Gasteiger partial charge is 0.339 e. The molecule has 0 unspecified atom stereocenters. The molecule has 0 heterocycles. The number of alkyl halides is 1. The molecule has 0 aromatic heterocycles. The first-order valence-electron chi connectivity index (χ1n) is 7.58. The Hall–Kier alpha value is -1.85. The monoisotopic (exact) mass is 366 g/mol. The number of rotatable bonds is 8. The summed E-state index contributed by atoms with van der Waals surface area (Å²) in [5, 5.41) is 0. The number of carbonyl (C=O) groups is 1. The van der Waals surface area contributed by atoms with Crippen molar-refractivity contribution in [2.75, 3.05) is 5.88 Å². The third-order valence-corrected chi connectivity index (χ3v) is 4.96. The molecule has 0 spiro atoms. The van der Waals surface area contributed by atoms with Gasteiger partial charge in [0.05, 0.1) is 0 Å². The maximum absolute atomic E-state index is 12.2. The summed E-state index contributed by atoms with van der Waals surface area (Å²) in [5.74, 6) is 0.791. The number of hydrogen-bond acceptors (Lipinski definition) is 4. The van der Waals surface area contributed by atoms with Crippen molar-refractivity contribution in [3.05, 3.63) is 59.7 Å². The van der Waals surface area contributed by atoms with E-state index in [9.17, 15) is 13.2 Å². The number of ketones is 1. The maximum atomic E-state index is 12.2. The Labute approximate surface area is 147 Å². The van der Waals surface area contributed by atoms with Gasteiger partial charge in [-0.3, -0.25) is 4.79 Å². The first kappa shape index (κ1) is 18.5. The average molecular weight is 367 g/mol. The fourth-order valence-electron chi connectivity index (χ4n) is 2.12. The first-order chi connectivity index (χ1) is 11.4. The number of halogens is 1. The van der Waals surface area contributed by atoms with Crippen molar-refractivity contribution in [2.24, 2.45) is 0 Å². The standard InChI is InChI=1S/C18H19ClO4S/c1-14-4-10-18(11-5-14)24(21,22)23-17-8-6-15(7-9-17)13-16(20)3-2-12-19/h4-11H,2-3,12-13H2,1H3. The molecule has 4 nitrogen and oxygen atoms in total. The molecule has 2 rings (SSSR count). The van der Waals surface area contributed by atoms with E-state index >= 15 is 0 Å². The van der Waals surface area contributed by atoms with Gasteiger partial charge >= 0.3 is 10.1 Å². The maximum Gasteiger partial charge on any atom is 0.339 e. The second kappa shape index (κ2) is 8.31. The van der Waals surface area contributed by atoms with Gasteiger partial charge in [-0.15, -0.1) is 11.6 Å².